The number of nitrogens with one attached hydrogen (secondary N) is 1. The van der Waals surface area contributed by atoms with Crippen molar-refractivity contribution in [2.75, 3.05) is 13.1 Å². The predicted molar refractivity (Wildman–Crippen MR) is 103 cm³/mol. The predicted octanol–water partition coefficient (Wildman–Crippen LogP) is 4.17. The Labute approximate surface area is 164 Å². The summed E-state index contributed by atoms with van der Waals surface area (Å²) in [6.45, 7) is 1.48. The fraction of sp³-hybridized carbons (Fsp3) is 0.571. The molecule has 1 saturated heterocycles. The Hall–Kier alpha value is -2.44. The zero-order valence-corrected chi connectivity index (χ0v) is 16.1. The molecule has 1 saturated carbocycles. The van der Waals surface area contributed by atoms with E-state index >= 15 is 0 Å². The standard InChI is InChI=1S/C21H27FN4O2/c22-18-11-5-4-10-17(18)20-24-19(28-25-20)13-15-7-6-12-26(14-15)21(27)23-16-8-2-1-3-9-16/h4-5,10-11,15-16H,1-3,6-9,12-14H2,(H,23,27). The minimum absolute atomic E-state index is 0.0502. The number of piperidine rings is 1. The van der Waals surface area contributed by atoms with Crippen molar-refractivity contribution in [1.82, 2.24) is 20.4 Å². The van der Waals surface area contributed by atoms with E-state index in [9.17, 15) is 9.18 Å². The van der Waals surface area contributed by atoms with Gasteiger partial charge in [-0.3, -0.25) is 0 Å². The van der Waals surface area contributed by atoms with Crippen molar-refractivity contribution in [2.24, 2.45) is 5.92 Å². The van der Waals surface area contributed by atoms with Crippen LogP contribution in [0.2, 0.25) is 0 Å². The lowest BCUT2D eigenvalue weighted by Crippen LogP contribution is -2.49. The fourth-order valence-corrected chi connectivity index (χ4v) is 4.27. The van der Waals surface area contributed by atoms with Gasteiger partial charge in [-0.2, -0.15) is 4.98 Å². The number of aromatic nitrogens is 2. The molecule has 6 nitrogen and oxygen atoms in total. The van der Waals surface area contributed by atoms with E-state index in [1.165, 1.54) is 25.3 Å². The van der Waals surface area contributed by atoms with Gasteiger partial charge in [0.15, 0.2) is 0 Å². The van der Waals surface area contributed by atoms with Gasteiger partial charge in [0.25, 0.3) is 0 Å². The average Bonchev–Trinajstić information content (AvgIpc) is 3.17. The van der Waals surface area contributed by atoms with Crippen LogP contribution in [0, 0.1) is 11.7 Å². The summed E-state index contributed by atoms with van der Waals surface area (Å²) in [7, 11) is 0. The smallest absolute Gasteiger partial charge is 0.317 e. The van der Waals surface area contributed by atoms with Gasteiger partial charge in [0.1, 0.15) is 5.82 Å². The molecule has 1 aromatic carbocycles. The SMILES string of the molecule is O=C(NC1CCCCC1)N1CCCC(Cc2nc(-c3ccccc3F)no2)C1. The zero-order chi connectivity index (χ0) is 19.3. The first kappa shape index (κ1) is 18.9. The van der Waals surface area contributed by atoms with Crippen molar-refractivity contribution in [2.45, 2.75) is 57.4 Å². The second-order valence-corrected chi connectivity index (χ2v) is 7.93. The molecule has 2 amide bonds. The molecule has 150 valence electrons. The first-order valence-electron chi connectivity index (χ1n) is 10.3. The molecule has 2 heterocycles. The third-order valence-electron chi connectivity index (χ3n) is 5.79. The van der Waals surface area contributed by atoms with E-state index in [1.54, 1.807) is 18.2 Å². The van der Waals surface area contributed by atoms with E-state index in [-0.39, 0.29) is 23.6 Å². The Morgan fingerprint density at radius 2 is 2.00 bits per heavy atom. The molecule has 1 aliphatic heterocycles. The van der Waals surface area contributed by atoms with Gasteiger partial charge in [0, 0.05) is 25.6 Å². The Morgan fingerprint density at radius 1 is 1.18 bits per heavy atom. The van der Waals surface area contributed by atoms with Crippen molar-refractivity contribution in [3.63, 3.8) is 0 Å². The highest BCUT2D eigenvalue weighted by Crippen LogP contribution is 2.24. The zero-order valence-electron chi connectivity index (χ0n) is 16.1. The number of halogens is 1. The Balaban J connectivity index is 1.34. The molecule has 1 N–H and O–H groups in total. The van der Waals surface area contributed by atoms with E-state index in [0.717, 1.165) is 32.2 Å². The lowest BCUT2D eigenvalue weighted by molar-refractivity contribution is 0.156. The van der Waals surface area contributed by atoms with Crippen molar-refractivity contribution in [3.05, 3.63) is 36.0 Å². The van der Waals surface area contributed by atoms with Gasteiger partial charge in [-0.05, 0) is 43.7 Å². The number of hydrogen-bond donors (Lipinski definition) is 1. The van der Waals surface area contributed by atoms with Crippen molar-refractivity contribution in [1.29, 1.82) is 0 Å². The Kier molecular flexibility index (Phi) is 5.88. The molecule has 28 heavy (non-hydrogen) atoms. The number of rotatable bonds is 4. The van der Waals surface area contributed by atoms with E-state index in [4.69, 9.17) is 4.52 Å². The van der Waals surface area contributed by atoms with Crippen LogP contribution in [0.5, 0.6) is 0 Å². The fourth-order valence-electron chi connectivity index (χ4n) is 4.27. The van der Waals surface area contributed by atoms with Gasteiger partial charge in [0.05, 0.1) is 5.56 Å². The number of carbonyl (C=O) groups excluding carboxylic acids is 1. The van der Waals surface area contributed by atoms with Gasteiger partial charge in [0.2, 0.25) is 11.7 Å². The van der Waals surface area contributed by atoms with Crippen LogP contribution in [0.25, 0.3) is 11.4 Å². The number of benzene rings is 1. The molecule has 2 aromatic rings. The number of carbonyl (C=O) groups is 1. The minimum atomic E-state index is -0.363. The molecule has 4 rings (SSSR count). The molecule has 0 radical (unpaired) electrons. The highest BCUT2D eigenvalue weighted by molar-refractivity contribution is 5.74. The molecule has 1 aromatic heterocycles. The highest BCUT2D eigenvalue weighted by Gasteiger charge is 2.27. The van der Waals surface area contributed by atoms with Crippen molar-refractivity contribution < 1.29 is 13.7 Å². The molecule has 1 aliphatic carbocycles. The lowest BCUT2D eigenvalue weighted by Gasteiger charge is -2.34. The highest BCUT2D eigenvalue weighted by atomic mass is 19.1. The van der Waals surface area contributed by atoms with Gasteiger partial charge >= 0.3 is 6.03 Å². The minimum Gasteiger partial charge on any atom is -0.339 e. The third kappa shape index (κ3) is 4.51. The summed E-state index contributed by atoms with van der Waals surface area (Å²) < 4.78 is 19.3. The van der Waals surface area contributed by atoms with Gasteiger partial charge in [-0.25, -0.2) is 9.18 Å². The first-order valence-corrected chi connectivity index (χ1v) is 10.3. The van der Waals surface area contributed by atoms with Crippen LogP contribution >= 0.6 is 0 Å². The van der Waals surface area contributed by atoms with E-state index in [1.807, 2.05) is 4.90 Å². The molecule has 1 atom stereocenters. The van der Waals surface area contributed by atoms with E-state index < -0.39 is 0 Å². The summed E-state index contributed by atoms with van der Waals surface area (Å²) in [5.74, 6) is 0.687. The summed E-state index contributed by atoms with van der Waals surface area (Å²) in [5, 5.41) is 7.12. The number of urea groups is 1. The van der Waals surface area contributed by atoms with Crippen molar-refractivity contribution in [3.8, 4) is 11.4 Å². The van der Waals surface area contributed by atoms with Gasteiger partial charge in [-0.15, -0.1) is 0 Å². The summed E-state index contributed by atoms with van der Waals surface area (Å²) in [4.78, 5) is 18.9. The number of nitrogens with zero attached hydrogens (tertiary/aromatic N) is 3. The quantitative estimate of drug-likeness (QED) is 0.856. The molecule has 0 bridgehead atoms. The van der Waals surface area contributed by atoms with Crippen molar-refractivity contribution >= 4 is 6.03 Å². The number of likely N-dealkylation sites (tertiary alicyclic amines) is 1. The van der Waals surface area contributed by atoms with Crippen LogP contribution in [0.15, 0.2) is 28.8 Å². The van der Waals surface area contributed by atoms with E-state index in [0.29, 0.717) is 30.5 Å². The van der Waals surface area contributed by atoms with Crippen LogP contribution in [-0.4, -0.2) is 40.2 Å². The molecule has 1 unspecified atom stereocenters. The topological polar surface area (TPSA) is 71.3 Å². The van der Waals surface area contributed by atoms with Gasteiger partial charge in [-0.1, -0.05) is 36.6 Å². The third-order valence-corrected chi connectivity index (χ3v) is 5.79. The molecule has 2 aliphatic rings. The molecular weight excluding hydrogens is 359 g/mol. The van der Waals surface area contributed by atoms with Crippen LogP contribution < -0.4 is 5.32 Å². The average molecular weight is 386 g/mol. The first-order chi connectivity index (χ1) is 13.7. The lowest BCUT2D eigenvalue weighted by atomic mass is 9.94. The molecule has 0 spiro atoms. The second-order valence-electron chi connectivity index (χ2n) is 7.93. The molecule has 2 fully saturated rings. The normalized spacial score (nSPS) is 20.9. The van der Waals surface area contributed by atoms with Crippen LogP contribution in [0.3, 0.4) is 0 Å². The molecular formula is C21H27FN4O2. The van der Waals surface area contributed by atoms with E-state index in [2.05, 4.69) is 15.5 Å². The summed E-state index contributed by atoms with van der Waals surface area (Å²) in [5.41, 5.74) is 0.342. The summed E-state index contributed by atoms with van der Waals surface area (Å²) in [6.07, 6.45) is 8.45. The second kappa shape index (κ2) is 8.71. The largest absolute Gasteiger partial charge is 0.339 e. The summed E-state index contributed by atoms with van der Waals surface area (Å²) in [6, 6.07) is 6.78. The number of hydrogen-bond acceptors (Lipinski definition) is 4. The maximum atomic E-state index is 13.9. The monoisotopic (exact) mass is 386 g/mol. The Morgan fingerprint density at radius 3 is 2.82 bits per heavy atom. The Bertz CT molecular complexity index is 803. The maximum Gasteiger partial charge on any atom is 0.317 e. The number of amides is 2. The molecule has 7 heteroatoms. The maximum absolute atomic E-state index is 13.9. The van der Waals surface area contributed by atoms with Gasteiger partial charge < -0.3 is 14.7 Å². The summed E-state index contributed by atoms with van der Waals surface area (Å²) >= 11 is 0. The van der Waals surface area contributed by atoms with Crippen LogP contribution in [0.1, 0.15) is 50.8 Å². The van der Waals surface area contributed by atoms with Crippen LogP contribution in [0.4, 0.5) is 9.18 Å². The van der Waals surface area contributed by atoms with Crippen LogP contribution in [-0.2, 0) is 6.42 Å².